The monoisotopic (exact) mass is 446 g/mol. The normalized spacial score (nSPS) is 12.0. The van der Waals surface area contributed by atoms with Crippen LogP contribution in [0.4, 0.5) is 0 Å². The summed E-state index contributed by atoms with van der Waals surface area (Å²) in [6.07, 6.45) is 7.90. The lowest BCUT2D eigenvalue weighted by molar-refractivity contribution is 0.210. The van der Waals surface area contributed by atoms with E-state index < -0.39 is 24.6 Å². The largest absolute Gasteiger partial charge is 0.537 e. The van der Waals surface area contributed by atoms with Crippen LogP contribution in [0.2, 0.25) is 0 Å². The summed E-state index contributed by atoms with van der Waals surface area (Å²) in [7, 11) is -5.75. The zero-order valence-electron chi connectivity index (χ0n) is 17.6. The van der Waals surface area contributed by atoms with Gasteiger partial charge >= 0.3 is 16.0 Å². The van der Waals surface area contributed by atoms with E-state index in [2.05, 4.69) is 37.1 Å². The Morgan fingerprint density at radius 3 is 1.56 bits per heavy atom. The van der Waals surface area contributed by atoms with Crippen molar-refractivity contribution < 1.29 is 18.1 Å². The minimum Gasteiger partial charge on any atom is -0.320 e. The topological polar surface area (TPSA) is 113 Å². The number of hydrogen-bond acceptors (Lipinski definition) is 6. The molecule has 27 heavy (non-hydrogen) atoms. The van der Waals surface area contributed by atoms with Gasteiger partial charge in [-0.05, 0) is 30.5 Å². The number of rotatable bonds is 19. The molecule has 11 heteroatoms. The molecule has 0 saturated carbocycles. The molecule has 0 aliphatic carbocycles. The molecule has 0 aliphatic heterocycles. The average molecular weight is 446 g/mol. The van der Waals surface area contributed by atoms with Crippen LogP contribution in [0.15, 0.2) is 4.52 Å². The van der Waals surface area contributed by atoms with Gasteiger partial charge in [0.05, 0.1) is 26.4 Å². The van der Waals surface area contributed by atoms with E-state index in [1.54, 1.807) is 0 Å². The third-order valence-electron chi connectivity index (χ3n) is 3.37. The molecule has 0 bridgehead atoms. The predicted octanol–water partition coefficient (Wildman–Crippen LogP) is 6.16. The van der Waals surface area contributed by atoms with E-state index in [1.165, 1.54) is 0 Å². The Morgan fingerprint density at radius 1 is 0.778 bits per heavy atom. The van der Waals surface area contributed by atoms with Crippen LogP contribution in [0.3, 0.4) is 0 Å². The van der Waals surface area contributed by atoms with Crippen molar-refractivity contribution >= 4 is 24.6 Å². The molecule has 162 valence electrons. The predicted molar refractivity (Wildman–Crippen MR) is 118 cm³/mol. The highest BCUT2D eigenvalue weighted by Gasteiger charge is 2.53. The molecule has 0 aliphatic rings. The molecule has 0 atom stereocenters. The minimum absolute atomic E-state index is 0.531. The van der Waals surface area contributed by atoms with Crippen molar-refractivity contribution in [1.82, 2.24) is 4.86 Å². The van der Waals surface area contributed by atoms with Crippen molar-refractivity contribution in [3.63, 3.8) is 0 Å². The van der Waals surface area contributed by atoms with E-state index >= 15 is 0 Å². The molecular formula is C16H41N4O4P3+2. The van der Waals surface area contributed by atoms with E-state index in [0.717, 1.165) is 51.4 Å². The van der Waals surface area contributed by atoms with Gasteiger partial charge in [-0.1, -0.05) is 53.4 Å². The standard InChI is InChI=1S/C16H41N4O4P3/c1-5-9-13-21-26(22-14-10-6-2)20-27(19-25(17)18,23-15-11-7-3)24-16-12-8-4/h20H,5-16H2,1-4H3,(H4,17,18,19)/q+2. The van der Waals surface area contributed by atoms with E-state index in [-0.39, 0.29) is 0 Å². The quantitative estimate of drug-likeness (QED) is 0.161. The van der Waals surface area contributed by atoms with Gasteiger partial charge in [0.2, 0.25) is 0 Å². The second-order valence-electron chi connectivity index (χ2n) is 6.09. The zero-order valence-corrected chi connectivity index (χ0v) is 20.2. The number of nitrogens with two attached hydrogens (primary N) is 2. The van der Waals surface area contributed by atoms with Crippen molar-refractivity contribution in [3.05, 3.63) is 0 Å². The van der Waals surface area contributed by atoms with Gasteiger partial charge in [-0.15, -0.1) is 11.0 Å². The Hall–Kier alpha value is 0.680. The second kappa shape index (κ2) is 18.7. The van der Waals surface area contributed by atoms with E-state index in [0.29, 0.717) is 26.4 Å². The van der Waals surface area contributed by atoms with Crippen LogP contribution < -0.4 is 15.9 Å². The molecule has 0 rings (SSSR count). The molecule has 0 heterocycles. The van der Waals surface area contributed by atoms with Gasteiger partial charge in [0, 0.05) is 0 Å². The van der Waals surface area contributed by atoms with Crippen LogP contribution in [0.25, 0.3) is 0 Å². The van der Waals surface area contributed by atoms with Crippen LogP contribution in [0.1, 0.15) is 79.1 Å². The second-order valence-corrected chi connectivity index (χ2v) is 11.0. The maximum Gasteiger partial charge on any atom is 0.537 e. The fourth-order valence-corrected chi connectivity index (χ4v) is 7.01. The summed E-state index contributed by atoms with van der Waals surface area (Å²) < 4.78 is 28.6. The van der Waals surface area contributed by atoms with Gasteiger partial charge < -0.3 is 9.05 Å². The van der Waals surface area contributed by atoms with Crippen LogP contribution in [0, 0.1) is 0 Å². The summed E-state index contributed by atoms with van der Waals surface area (Å²) in [5, 5.41) is 0. The number of nitrogens with one attached hydrogen (secondary N) is 1. The van der Waals surface area contributed by atoms with Crippen molar-refractivity contribution in [2.75, 3.05) is 26.4 Å². The van der Waals surface area contributed by atoms with E-state index in [9.17, 15) is 0 Å². The zero-order chi connectivity index (χ0) is 20.4. The third kappa shape index (κ3) is 15.2. The first kappa shape index (κ1) is 27.7. The lowest BCUT2D eigenvalue weighted by atomic mass is 10.4. The molecule has 0 aromatic carbocycles. The Morgan fingerprint density at radius 2 is 1.19 bits per heavy atom. The van der Waals surface area contributed by atoms with Crippen molar-refractivity contribution in [3.8, 4) is 0 Å². The van der Waals surface area contributed by atoms with Gasteiger partial charge in [0.1, 0.15) is 0 Å². The molecule has 0 saturated heterocycles. The molecule has 8 nitrogen and oxygen atoms in total. The first-order chi connectivity index (χ1) is 13.0. The molecule has 0 aromatic heterocycles. The Labute approximate surface area is 169 Å². The van der Waals surface area contributed by atoms with Crippen LogP contribution in [-0.4, -0.2) is 26.4 Å². The van der Waals surface area contributed by atoms with Crippen LogP contribution in [-0.2, 0) is 18.1 Å². The highest BCUT2D eigenvalue weighted by atomic mass is 31.3. The van der Waals surface area contributed by atoms with Gasteiger partial charge in [0.25, 0.3) is 8.53 Å². The van der Waals surface area contributed by atoms with Gasteiger partial charge in [-0.3, -0.25) is 0 Å². The molecule has 0 fully saturated rings. The van der Waals surface area contributed by atoms with Crippen molar-refractivity contribution in [2.24, 2.45) is 15.5 Å². The van der Waals surface area contributed by atoms with Crippen molar-refractivity contribution in [1.29, 1.82) is 0 Å². The maximum atomic E-state index is 6.09. The lowest BCUT2D eigenvalue weighted by Gasteiger charge is -2.21. The summed E-state index contributed by atoms with van der Waals surface area (Å²) in [5.41, 5.74) is 11.7. The van der Waals surface area contributed by atoms with Gasteiger partial charge in [-0.25, -0.2) is 0 Å². The van der Waals surface area contributed by atoms with Crippen LogP contribution >= 0.6 is 24.6 Å². The van der Waals surface area contributed by atoms with E-state index in [4.69, 9.17) is 29.1 Å². The Bertz CT molecular complexity index is 358. The summed E-state index contributed by atoms with van der Waals surface area (Å²) in [4.78, 5) is 3.31. The van der Waals surface area contributed by atoms with Crippen LogP contribution in [0.5, 0.6) is 0 Å². The minimum atomic E-state index is -2.83. The fraction of sp³-hybridized carbons (Fsp3) is 1.00. The smallest absolute Gasteiger partial charge is 0.320 e. The third-order valence-corrected chi connectivity index (χ3v) is 8.70. The Balaban J connectivity index is 5.25. The summed E-state index contributed by atoms with van der Waals surface area (Å²) in [6, 6.07) is 0. The molecule has 5 N–H and O–H groups in total. The summed E-state index contributed by atoms with van der Waals surface area (Å²) >= 11 is 0. The molecule has 0 radical (unpaired) electrons. The Kier molecular flexibility index (Phi) is 19.2. The van der Waals surface area contributed by atoms with Crippen molar-refractivity contribution in [2.45, 2.75) is 79.1 Å². The maximum absolute atomic E-state index is 6.09. The fourth-order valence-electron chi connectivity index (χ4n) is 1.75. The highest BCUT2D eigenvalue weighted by molar-refractivity contribution is 7.75. The van der Waals surface area contributed by atoms with Gasteiger partial charge in [0.15, 0.2) is 4.52 Å². The lowest BCUT2D eigenvalue weighted by Crippen LogP contribution is -2.19. The SMILES string of the molecule is CCCCOP(N[P+](N=[P+](N)N)(OCCCC)OCCCC)OCCCC. The summed E-state index contributed by atoms with van der Waals surface area (Å²) in [5.74, 6) is 0. The van der Waals surface area contributed by atoms with E-state index in [1.807, 2.05) is 0 Å². The molecule has 0 spiro atoms. The number of unbranched alkanes of at least 4 members (excludes halogenated alkanes) is 4. The average Bonchev–Trinajstić information content (AvgIpc) is 2.62. The highest BCUT2D eigenvalue weighted by Crippen LogP contribution is 2.66. The molecular weight excluding hydrogens is 405 g/mol. The first-order valence-corrected chi connectivity index (χ1v) is 14.3. The first-order valence-electron chi connectivity index (χ1n) is 10.1. The molecule has 0 aromatic rings. The number of hydrogen-bond donors (Lipinski definition) is 3. The molecule has 0 amide bonds. The summed E-state index contributed by atoms with van der Waals surface area (Å²) in [6.45, 7) is 10.8. The molecule has 0 unspecified atom stereocenters. The number of nitrogens with zero attached hydrogens (tertiary/aromatic N) is 1. The van der Waals surface area contributed by atoms with Gasteiger partial charge in [-0.2, -0.15) is 9.05 Å².